The molecule has 0 saturated carbocycles. The lowest BCUT2D eigenvalue weighted by Crippen LogP contribution is -2.28. The van der Waals surface area contributed by atoms with Crippen LogP contribution in [0.1, 0.15) is 23.4 Å². The van der Waals surface area contributed by atoms with E-state index in [0.29, 0.717) is 22.9 Å². The molecule has 1 atom stereocenters. The van der Waals surface area contributed by atoms with Crippen LogP contribution in [0.5, 0.6) is 5.75 Å². The number of aryl methyl sites for hydroxylation is 2. The molecule has 5 nitrogen and oxygen atoms in total. The van der Waals surface area contributed by atoms with E-state index in [1.165, 1.54) is 5.56 Å². The predicted octanol–water partition coefficient (Wildman–Crippen LogP) is 4.05. The predicted molar refractivity (Wildman–Crippen MR) is 102 cm³/mol. The second-order valence-electron chi connectivity index (χ2n) is 6.71. The molecule has 1 aliphatic rings. The molecule has 2 heterocycles. The Morgan fingerprint density at radius 3 is 3.00 bits per heavy atom. The Hall–Kier alpha value is -2.53. The minimum absolute atomic E-state index is 0.0150. The molecular weight excluding hydrogens is 350 g/mol. The number of fused-ring (bicyclic) bond motifs is 3. The van der Waals surface area contributed by atoms with Gasteiger partial charge in [0.25, 0.3) is 0 Å². The summed E-state index contributed by atoms with van der Waals surface area (Å²) < 4.78 is 7.43. The van der Waals surface area contributed by atoms with Crippen LogP contribution in [0, 0.1) is 12.8 Å². The van der Waals surface area contributed by atoms with Crippen molar-refractivity contribution in [1.29, 1.82) is 0 Å². The first kappa shape index (κ1) is 16.9. The van der Waals surface area contributed by atoms with Crippen molar-refractivity contribution in [3.8, 4) is 5.75 Å². The highest BCUT2D eigenvalue weighted by atomic mass is 35.5. The average Bonchev–Trinajstić information content (AvgIpc) is 2.99. The van der Waals surface area contributed by atoms with E-state index in [2.05, 4.69) is 28.9 Å². The summed E-state index contributed by atoms with van der Waals surface area (Å²) in [5.74, 6) is 0.482. The second kappa shape index (κ2) is 6.65. The summed E-state index contributed by atoms with van der Waals surface area (Å²) in [6.45, 7) is 2.06. The van der Waals surface area contributed by atoms with Gasteiger partial charge in [-0.2, -0.15) is 0 Å². The van der Waals surface area contributed by atoms with Gasteiger partial charge < -0.3 is 14.5 Å². The van der Waals surface area contributed by atoms with Crippen LogP contribution >= 0.6 is 11.6 Å². The number of aromatic nitrogens is 2. The molecule has 1 aliphatic carbocycles. The fourth-order valence-corrected chi connectivity index (χ4v) is 3.72. The van der Waals surface area contributed by atoms with Crippen molar-refractivity contribution in [2.45, 2.75) is 26.2 Å². The third kappa shape index (κ3) is 3.03. The van der Waals surface area contributed by atoms with Crippen LogP contribution < -0.4 is 10.1 Å². The monoisotopic (exact) mass is 369 g/mol. The van der Waals surface area contributed by atoms with Crippen LogP contribution in [0.3, 0.4) is 0 Å². The van der Waals surface area contributed by atoms with Crippen molar-refractivity contribution in [3.63, 3.8) is 0 Å². The lowest BCUT2D eigenvalue weighted by molar-refractivity contribution is -0.120. The number of carbonyl (C=O) groups excluding carboxylic acids is 1. The van der Waals surface area contributed by atoms with E-state index in [-0.39, 0.29) is 11.8 Å². The van der Waals surface area contributed by atoms with Gasteiger partial charge in [0.1, 0.15) is 11.4 Å². The molecule has 0 fully saturated rings. The van der Waals surface area contributed by atoms with Gasteiger partial charge >= 0.3 is 0 Å². The Morgan fingerprint density at radius 1 is 1.35 bits per heavy atom. The highest BCUT2D eigenvalue weighted by Crippen LogP contribution is 2.31. The van der Waals surface area contributed by atoms with E-state index in [9.17, 15) is 4.79 Å². The van der Waals surface area contributed by atoms with E-state index in [0.717, 1.165) is 29.9 Å². The number of methoxy groups -OCH3 is 1. The molecule has 1 N–H and O–H groups in total. The standard InChI is InChI=1S/C20H20ClN3O2/c1-12-3-8-19-22-15-6-4-13(9-17(15)24(19)11-12)20(25)23-16-10-14(21)5-7-18(16)26-2/h3,5,7-8,10-11,13H,4,6,9H2,1-2H3,(H,23,25). The number of ether oxygens (including phenoxy) is 1. The molecule has 0 spiro atoms. The number of rotatable bonds is 3. The number of amides is 1. The number of benzene rings is 1. The van der Waals surface area contributed by atoms with E-state index in [4.69, 9.17) is 21.3 Å². The molecule has 3 aromatic rings. The zero-order valence-corrected chi connectivity index (χ0v) is 15.5. The van der Waals surface area contributed by atoms with Gasteiger partial charge in [-0.3, -0.25) is 4.79 Å². The number of hydrogen-bond acceptors (Lipinski definition) is 3. The van der Waals surface area contributed by atoms with E-state index >= 15 is 0 Å². The summed E-state index contributed by atoms with van der Waals surface area (Å²) in [5, 5.41) is 3.54. The number of carbonyl (C=O) groups is 1. The van der Waals surface area contributed by atoms with Crippen molar-refractivity contribution < 1.29 is 9.53 Å². The number of nitrogens with one attached hydrogen (secondary N) is 1. The van der Waals surface area contributed by atoms with Gasteiger partial charge in [0.05, 0.1) is 18.5 Å². The summed E-state index contributed by atoms with van der Waals surface area (Å²) >= 11 is 6.06. The smallest absolute Gasteiger partial charge is 0.227 e. The number of pyridine rings is 1. The van der Waals surface area contributed by atoms with Gasteiger partial charge in [0.2, 0.25) is 5.91 Å². The summed E-state index contributed by atoms with van der Waals surface area (Å²) in [7, 11) is 1.58. The topological polar surface area (TPSA) is 55.6 Å². The minimum atomic E-state index is -0.105. The fraction of sp³-hybridized carbons (Fsp3) is 0.300. The highest BCUT2D eigenvalue weighted by molar-refractivity contribution is 6.31. The molecule has 0 aliphatic heterocycles. The van der Waals surface area contributed by atoms with Crippen molar-refractivity contribution >= 4 is 28.8 Å². The van der Waals surface area contributed by atoms with E-state index < -0.39 is 0 Å². The van der Waals surface area contributed by atoms with Crippen LogP contribution in [-0.2, 0) is 17.6 Å². The van der Waals surface area contributed by atoms with Crippen molar-refractivity contribution in [2.75, 3.05) is 12.4 Å². The van der Waals surface area contributed by atoms with Crippen molar-refractivity contribution in [2.24, 2.45) is 5.92 Å². The fourth-order valence-electron chi connectivity index (χ4n) is 3.55. The summed E-state index contributed by atoms with van der Waals surface area (Å²) in [6.07, 6.45) is 4.35. The van der Waals surface area contributed by atoms with E-state index in [1.54, 1.807) is 25.3 Å². The van der Waals surface area contributed by atoms with Gasteiger partial charge in [0, 0.05) is 29.3 Å². The number of halogens is 1. The maximum absolute atomic E-state index is 12.8. The highest BCUT2D eigenvalue weighted by Gasteiger charge is 2.28. The molecule has 6 heteroatoms. The third-order valence-corrected chi connectivity index (χ3v) is 5.14. The maximum Gasteiger partial charge on any atom is 0.227 e. The van der Waals surface area contributed by atoms with Crippen LogP contribution in [0.4, 0.5) is 5.69 Å². The first-order chi connectivity index (χ1) is 12.5. The third-order valence-electron chi connectivity index (χ3n) is 4.91. The Morgan fingerprint density at radius 2 is 2.19 bits per heavy atom. The average molecular weight is 370 g/mol. The van der Waals surface area contributed by atoms with Gasteiger partial charge in [-0.1, -0.05) is 17.7 Å². The first-order valence-electron chi connectivity index (χ1n) is 8.66. The number of hydrogen-bond donors (Lipinski definition) is 1. The van der Waals surface area contributed by atoms with E-state index in [1.807, 2.05) is 6.07 Å². The molecule has 0 saturated heterocycles. The number of imidazole rings is 1. The SMILES string of the molecule is COc1ccc(Cl)cc1NC(=O)C1CCc2nc3ccc(C)cn3c2C1. The molecule has 26 heavy (non-hydrogen) atoms. The zero-order chi connectivity index (χ0) is 18.3. The number of nitrogens with zero attached hydrogens (tertiary/aromatic N) is 2. The molecule has 2 aromatic heterocycles. The summed E-state index contributed by atoms with van der Waals surface area (Å²) in [4.78, 5) is 17.5. The first-order valence-corrected chi connectivity index (χ1v) is 9.04. The van der Waals surface area contributed by atoms with Gasteiger partial charge in [-0.05, 0) is 49.6 Å². The molecule has 0 bridgehead atoms. The Labute approximate surface area is 157 Å². The molecule has 1 aromatic carbocycles. The normalized spacial score (nSPS) is 16.3. The van der Waals surface area contributed by atoms with Gasteiger partial charge in [-0.15, -0.1) is 0 Å². The second-order valence-corrected chi connectivity index (χ2v) is 7.15. The molecule has 4 rings (SSSR count). The lowest BCUT2D eigenvalue weighted by Gasteiger charge is -2.22. The summed E-state index contributed by atoms with van der Waals surface area (Å²) in [6, 6.07) is 9.29. The molecule has 0 radical (unpaired) electrons. The van der Waals surface area contributed by atoms with Crippen LogP contribution in [0.2, 0.25) is 5.02 Å². The quantitative estimate of drug-likeness (QED) is 0.757. The zero-order valence-electron chi connectivity index (χ0n) is 14.8. The largest absolute Gasteiger partial charge is 0.495 e. The molecule has 134 valence electrons. The van der Waals surface area contributed by atoms with Crippen molar-refractivity contribution in [3.05, 3.63) is 58.5 Å². The van der Waals surface area contributed by atoms with Gasteiger partial charge in [-0.25, -0.2) is 4.98 Å². The summed E-state index contributed by atoms with van der Waals surface area (Å²) in [5.41, 5.74) is 4.95. The van der Waals surface area contributed by atoms with Gasteiger partial charge in [0.15, 0.2) is 0 Å². The van der Waals surface area contributed by atoms with Crippen LogP contribution in [-0.4, -0.2) is 22.4 Å². The minimum Gasteiger partial charge on any atom is -0.495 e. The van der Waals surface area contributed by atoms with Crippen LogP contribution in [0.15, 0.2) is 36.5 Å². The Balaban J connectivity index is 1.59. The molecular formula is C20H20ClN3O2. The lowest BCUT2D eigenvalue weighted by atomic mass is 9.89. The Kier molecular flexibility index (Phi) is 4.32. The van der Waals surface area contributed by atoms with Crippen LogP contribution in [0.25, 0.3) is 5.65 Å². The van der Waals surface area contributed by atoms with Crippen molar-refractivity contribution in [1.82, 2.24) is 9.38 Å². The molecule has 1 amide bonds. The maximum atomic E-state index is 12.8. The Bertz CT molecular complexity index is 996. The number of anilines is 1. The molecule has 1 unspecified atom stereocenters.